The van der Waals surface area contributed by atoms with Crippen molar-refractivity contribution in [3.8, 4) is 0 Å². The Kier molecular flexibility index (Phi) is 5.50. The molecule has 1 aliphatic rings. The number of benzene rings is 1. The molecule has 26 heavy (non-hydrogen) atoms. The van der Waals surface area contributed by atoms with Crippen molar-refractivity contribution in [1.82, 2.24) is 19.7 Å². The molecule has 1 aliphatic heterocycles. The molecule has 1 N–H and O–H groups in total. The van der Waals surface area contributed by atoms with Gasteiger partial charge in [-0.25, -0.2) is 9.48 Å². The van der Waals surface area contributed by atoms with Gasteiger partial charge in [-0.15, -0.1) is 0 Å². The molecule has 8 heteroatoms. The molecule has 0 spiro atoms. The van der Waals surface area contributed by atoms with Crippen LogP contribution in [-0.2, 0) is 22.7 Å². The van der Waals surface area contributed by atoms with Crippen LogP contribution in [0.2, 0.25) is 0 Å². The zero-order valence-electron chi connectivity index (χ0n) is 15.0. The number of oxime groups is 1. The lowest BCUT2D eigenvalue weighted by Gasteiger charge is -2.09. The van der Waals surface area contributed by atoms with Gasteiger partial charge >= 0.3 is 5.69 Å². The third-order valence-corrected chi connectivity index (χ3v) is 4.31. The number of aryl methyl sites for hydroxylation is 1. The van der Waals surface area contributed by atoms with Crippen LogP contribution in [0.1, 0.15) is 31.2 Å². The van der Waals surface area contributed by atoms with Gasteiger partial charge in [0.05, 0.1) is 18.8 Å². The van der Waals surface area contributed by atoms with Crippen LogP contribution in [-0.4, -0.2) is 38.6 Å². The summed E-state index contributed by atoms with van der Waals surface area (Å²) in [7, 11) is 0. The Morgan fingerprint density at radius 3 is 2.81 bits per heavy atom. The maximum atomic E-state index is 12.5. The highest BCUT2D eigenvalue weighted by atomic mass is 16.6. The molecule has 0 radical (unpaired) electrons. The Balaban J connectivity index is 1.57. The van der Waals surface area contributed by atoms with Crippen molar-refractivity contribution in [3.05, 3.63) is 52.2 Å². The lowest BCUT2D eigenvalue weighted by Crippen LogP contribution is -2.37. The van der Waals surface area contributed by atoms with Gasteiger partial charge in [-0.05, 0) is 18.9 Å². The molecule has 2 heterocycles. The number of amides is 1. The number of nitrogens with one attached hydrogen (secondary N) is 1. The quantitative estimate of drug-likeness (QED) is 0.803. The lowest BCUT2D eigenvalue weighted by atomic mass is 10.1. The smallest absolute Gasteiger partial charge is 0.346 e. The maximum Gasteiger partial charge on any atom is 0.346 e. The fraction of sp³-hybridized carbons (Fsp3) is 0.444. The summed E-state index contributed by atoms with van der Waals surface area (Å²) < 4.78 is 2.75. The fourth-order valence-electron chi connectivity index (χ4n) is 2.82. The van der Waals surface area contributed by atoms with Gasteiger partial charge in [0.1, 0.15) is 18.5 Å². The highest BCUT2D eigenvalue weighted by Gasteiger charge is 2.21. The largest absolute Gasteiger partial charge is 0.390 e. The van der Waals surface area contributed by atoms with Crippen LogP contribution >= 0.6 is 0 Å². The summed E-state index contributed by atoms with van der Waals surface area (Å²) in [5, 5.41) is 10.9. The van der Waals surface area contributed by atoms with E-state index in [1.807, 2.05) is 37.3 Å². The zero-order valence-corrected chi connectivity index (χ0v) is 15.0. The van der Waals surface area contributed by atoms with Crippen molar-refractivity contribution < 1.29 is 9.63 Å². The van der Waals surface area contributed by atoms with Crippen LogP contribution in [0.5, 0.6) is 0 Å². The predicted molar refractivity (Wildman–Crippen MR) is 97.0 cm³/mol. The zero-order chi connectivity index (χ0) is 18.5. The highest BCUT2D eigenvalue weighted by molar-refractivity contribution is 5.85. The molecule has 0 fully saturated rings. The first-order valence-electron chi connectivity index (χ1n) is 8.73. The van der Waals surface area contributed by atoms with Crippen molar-refractivity contribution in [3.63, 3.8) is 0 Å². The summed E-state index contributed by atoms with van der Waals surface area (Å²) in [6.45, 7) is 4.46. The van der Waals surface area contributed by atoms with Gasteiger partial charge in [-0.2, -0.15) is 5.10 Å². The molecule has 1 atom stereocenters. The molecule has 3 rings (SSSR count). The molecule has 1 unspecified atom stereocenters. The van der Waals surface area contributed by atoms with Crippen LogP contribution in [0, 0.1) is 6.92 Å². The minimum absolute atomic E-state index is 0.115. The van der Waals surface area contributed by atoms with E-state index in [4.69, 9.17) is 4.84 Å². The predicted octanol–water partition coefficient (Wildman–Crippen LogP) is 1.07. The molecular formula is C18H23N5O3. The fourth-order valence-corrected chi connectivity index (χ4v) is 2.82. The average molecular weight is 357 g/mol. The van der Waals surface area contributed by atoms with E-state index in [0.29, 0.717) is 18.9 Å². The Bertz CT molecular complexity index is 853. The lowest BCUT2D eigenvalue weighted by molar-refractivity contribution is -0.122. The normalized spacial score (nSPS) is 16.2. The highest BCUT2D eigenvalue weighted by Crippen LogP contribution is 2.11. The van der Waals surface area contributed by atoms with E-state index in [1.54, 1.807) is 11.5 Å². The van der Waals surface area contributed by atoms with Crippen molar-refractivity contribution >= 4 is 11.6 Å². The van der Waals surface area contributed by atoms with Gasteiger partial charge in [-0.3, -0.25) is 9.36 Å². The summed E-state index contributed by atoms with van der Waals surface area (Å²) in [5.41, 5.74) is 1.71. The molecule has 138 valence electrons. The first-order valence-corrected chi connectivity index (χ1v) is 8.73. The van der Waals surface area contributed by atoms with E-state index < -0.39 is 0 Å². The monoisotopic (exact) mass is 357 g/mol. The van der Waals surface area contributed by atoms with Crippen LogP contribution in [0.15, 0.2) is 40.3 Å². The SMILES string of the molecule is CCC1=NOC(CNC(=O)Cn2nc(C)n(Cc3ccccc3)c2=O)C1. The number of nitrogens with zero attached hydrogens (tertiary/aromatic N) is 4. The number of aromatic nitrogens is 3. The van der Waals surface area contributed by atoms with Crippen molar-refractivity contribution in [1.29, 1.82) is 0 Å². The van der Waals surface area contributed by atoms with Gasteiger partial charge < -0.3 is 10.2 Å². The molecule has 1 aromatic heterocycles. The van der Waals surface area contributed by atoms with Crippen LogP contribution in [0.25, 0.3) is 0 Å². The molecule has 1 aromatic carbocycles. The average Bonchev–Trinajstić information content (AvgIpc) is 3.21. The second kappa shape index (κ2) is 7.99. The Morgan fingerprint density at radius 2 is 2.12 bits per heavy atom. The topological polar surface area (TPSA) is 90.5 Å². The van der Waals surface area contributed by atoms with Gasteiger partial charge in [-0.1, -0.05) is 42.4 Å². The molecule has 2 aromatic rings. The van der Waals surface area contributed by atoms with E-state index in [2.05, 4.69) is 15.6 Å². The number of hydrogen-bond acceptors (Lipinski definition) is 5. The molecular weight excluding hydrogens is 334 g/mol. The standard InChI is InChI=1S/C18H23N5O3/c1-3-15-9-16(26-21-15)10-19-17(24)12-23-18(25)22(13(2)20-23)11-14-7-5-4-6-8-14/h4-8,16H,3,9-12H2,1-2H3,(H,19,24). The summed E-state index contributed by atoms with van der Waals surface area (Å²) in [4.78, 5) is 29.9. The van der Waals surface area contributed by atoms with Gasteiger partial charge in [0.2, 0.25) is 5.91 Å². The molecule has 0 saturated heterocycles. The minimum atomic E-state index is -0.296. The number of carbonyl (C=O) groups excluding carboxylic acids is 1. The third-order valence-electron chi connectivity index (χ3n) is 4.31. The summed E-state index contributed by atoms with van der Waals surface area (Å²) in [6.07, 6.45) is 1.43. The summed E-state index contributed by atoms with van der Waals surface area (Å²) in [5.74, 6) is 0.303. The van der Waals surface area contributed by atoms with Crippen molar-refractivity contribution in [2.45, 2.75) is 45.9 Å². The van der Waals surface area contributed by atoms with E-state index in [0.717, 1.165) is 24.1 Å². The summed E-state index contributed by atoms with van der Waals surface area (Å²) in [6, 6.07) is 9.67. The maximum absolute atomic E-state index is 12.5. The van der Waals surface area contributed by atoms with Crippen LogP contribution < -0.4 is 11.0 Å². The van der Waals surface area contributed by atoms with E-state index >= 15 is 0 Å². The molecule has 0 aliphatic carbocycles. The molecule has 1 amide bonds. The minimum Gasteiger partial charge on any atom is -0.390 e. The molecule has 0 bridgehead atoms. The number of rotatable bonds is 7. The van der Waals surface area contributed by atoms with E-state index in [9.17, 15) is 9.59 Å². The number of carbonyl (C=O) groups is 1. The second-order valence-electron chi connectivity index (χ2n) is 6.31. The van der Waals surface area contributed by atoms with Gasteiger partial charge in [0.25, 0.3) is 0 Å². The second-order valence-corrected chi connectivity index (χ2v) is 6.31. The Morgan fingerprint density at radius 1 is 1.35 bits per heavy atom. The molecule has 0 saturated carbocycles. The third kappa shape index (κ3) is 4.19. The van der Waals surface area contributed by atoms with E-state index in [1.165, 1.54) is 4.68 Å². The first-order chi connectivity index (χ1) is 12.6. The Hall–Kier alpha value is -2.90. The first kappa shape index (κ1) is 17.9. The van der Waals surface area contributed by atoms with Crippen LogP contribution in [0.3, 0.4) is 0 Å². The molecule has 8 nitrogen and oxygen atoms in total. The van der Waals surface area contributed by atoms with Crippen molar-refractivity contribution in [2.24, 2.45) is 5.16 Å². The van der Waals surface area contributed by atoms with Crippen molar-refractivity contribution in [2.75, 3.05) is 6.54 Å². The van der Waals surface area contributed by atoms with Gasteiger partial charge in [0.15, 0.2) is 0 Å². The Labute approximate surface area is 151 Å². The summed E-state index contributed by atoms with van der Waals surface area (Å²) >= 11 is 0. The van der Waals surface area contributed by atoms with Gasteiger partial charge in [0, 0.05) is 6.42 Å². The van der Waals surface area contributed by atoms with E-state index in [-0.39, 0.29) is 24.2 Å². The van der Waals surface area contributed by atoms with Crippen LogP contribution in [0.4, 0.5) is 0 Å². The number of hydrogen-bond donors (Lipinski definition) is 1.